The molecule has 0 saturated carbocycles. The number of amides is 1. The molecule has 0 aromatic heterocycles. The first-order valence-corrected chi connectivity index (χ1v) is 7.30. The van der Waals surface area contributed by atoms with Gasteiger partial charge in [-0.3, -0.25) is 9.69 Å². The summed E-state index contributed by atoms with van der Waals surface area (Å²) in [5.74, 6) is -0.0537. The highest BCUT2D eigenvalue weighted by Gasteiger charge is 2.30. The van der Waals surface area contributed by atoms with Crippen molar-refractivity contribution in [3.8, 4) is 0 Å². The first-order chi connectivity index (χ1) is 8.88. The van der Waals surface area contributed by atoms with E-state index in [4.69, 9.17) is 10.5 Å². The van der Waals surface area contributed by atoms with Crippen molar-refractivity contribution in [2.45, 2.75) is 58.2 Å². The molecule has 3 N–H and O–H groups in total. The van der Waals surface area contributed by atoms with Gasteiger partial charge in [-0.15, -0.1) is 12.4 Å². The lowest BCUT2D eigenvalue weighted by Crippen LogP contribution is -2.58. The van der Waals surface area contributed by atoms with Crippen molar-refractivity contribution in [2.24, 2.45) is 5.73 Å². The molecule has 1 aliphatic heterocycles. The summed E-state index contributed by atoms with van der Waals surface area (Å²) in [6.45, 7) is 11.4. The normalized spacial score (nSPS) is 22.2. The molecule has 120 valence electrons. The molecular weight excluding hydrogens is 278 g/mol. The van der Waals surface area contributed by atoms with Gasteiger partial charge in [-0.2, -0.15) is 0 Å². The Bertz CT molecular complexity index is 294. The van der Waals surface area contributed by atoms with E-state index in [1.54, 1.807) is 6.92 Å². The summed E-state index contributed by atoms with van der Waals surface area (Å²) in [5.41, 5.74) is 5.28. The van der Waals surface area contributed by atoms with Crippen LogP contribution >= 0.6 is 12.4 Å². The number of rotatable bonds is 6. The van der Waals surface area contributed by atoms with Crippen LogP contribution in [0.15, 0.2) is 0 Å². The highest BCUT2D eigenvalue weighted by Crippen LogP contribution is 2.11. The van der Waals surface area contributed by atoms with E-state index in [0.29, 0.717) is 12.5 Å². The molecule has 0 spiro atoms. The molecule has 3 unspecified atom stereocenters. The molecule has 3 atom stereocenters. The number of halogens is 1. The third-order valence-corrected chi connectivity index (χ3v) is 3.99. The number of carbonyl (C=O) groups is 1. The highest BCUT2D eigenvalue weighted by molar-refractivity contribution is 5.86. The van der Waals surface area contributed by atoms with E-state index in [1.807, 2.05) is 13.8 Å². The molecule has 1 rings (SSSR count). The van der Waals surface area contributed by atoms with E-state index in [0.717, 1.165) is 32.7 Å². The van der Waals surface area contributed by atoms with E-state index >= 15 is 0 Å². The van der Waals surface area contributed by atoms with Crippen molar-refractivity contribution in [1.29, 1.82) is 0 Å². The lowest BCUT2D eigenvalue weighted by atomic mass is 9.95. The second-order valence-electron chi connectivity index (χ2n) is 5.82. The number of ether oxygens (including phenoxy) is 1. The van der Waals surface area contributed by atoms with Gasteiger partial charge in [-0.1, -0.05) is 13.3 Å². The summed E-state index contributed by atoms with van der Waals surface area (Å²) in [4.78, 5) is 14.5. The maximum atomic E-state index is 12.2. The van der Waals surface area contributed by atoms with Gasteiger partial charge in [0.05, 0.1) is 18.8 Å². The van der Waals surface area contributed by atoms with Gasteiger partial charge in [0.2, 0.25) is 5.91 Å². The summed E-state index contributed by atoms with van der Waals surface area (Å²) >= 11 is 0. The van der Waals surface area contributed by atoms with Crippen molar-refractivity contribution in [3.05, 3.63) is 0 Å². The molecular formula is C14H30ClN3O2. The summed E-state index contributed by atoms with van der Waals surface area (Å²) < 4.78 is 5.35. The van der Waals surface area contributed by atoms with Crippen molar-refractivity contribution >= 4 is 18.3 Å². The molecule has 1 heterocycles. The Balaban J connectivity index is 0.00000361. The number of nitrogens with one attached hydrogen (secondary N) is 1. The zero-order chi connectivity index (χ0) is 14.5. The molecule has 1 amide bonds. The maximum absolute atomic E-state index is 12.2. The molecule has 0 bridgehead atoms. The summed E-state index contributed by atoms with van der Waals surface area (Å²) in [6.07, 6.45) is 1.62. The zero-order valence-electron chi connectivity index (χ0n) is 13.1. The second kappa shape index (κ2) is 8.82. The largest absolute Gasteiger partial charge is 0.379 e. The van der Waals surface area contributed by atoms with Crippen molar-refractivity contribution in [1.82, 2.24) is 10.2 Å². The Morgan fingerprint density at radius 1 is 1.40 bits per heavy atom. The van der Waals surface area contributed by atoms with Crippen LogP contribution in [-0.4, -0.2) is 54.7 Å². The summed E-state index contributed by atoms with van der Waals surface area (Å²) in [5, 5.41) is 3.06. The van der Waals surface area contributed by atoms with Crippen LogP contribution in [0.3, 0.4) is 0 Å². The Morgan fingerprint density at radius 2 is 1.95 bits per heavy atom. The van der Waals surface area contributed by atoms with Crippen molar-refractivity contribution in [3.63, 3.8) is 0 Å². The lowest BCUT2D eigenvalue weighted by molar-refractivity contribution is -0.127. The van der Waals surface area contributed by atoms with Gasteiger partial charge in [0.25, 0.3) is 0 Å². The number of hydrogen-bond acceptors (Lipinski definition) is 4. The molecule has 1 saturated heterocycles. The van der Waals surface area contributed by atoms with Crippen molar-refractivity contribution < 1.29 is 9.53 Å². The first-order valence-electron chi connectivity index (χ1n) is 7.30. The Morgan fingerprint density at radius 3 is 2.45 bits per heavy atom. The minimum atomic E-state index is -0.770. The third-order valence-electron chi connectivity index (χ3n) is 3.99. The van der Waals surface area contributed by atoms with Crippen LogP contribution in [0, 0.1) is 0 Å². The van der Waals surface area contributed by atoms with Gasteiger partial charge >= 0.3 is 0 Å². The molecule has 0 aromatic carbocycles. The van der Waals surface area contributed by atoms with Crippen LogP contribution < -0.4 is 11.1 Å². The predicted molar refractivity (Wildman–Crippen MR) is 84.2 cm³/mol. The first kappa shape index (κ1) is 19.6. The SMILES string of the molecule is CCCC(C)(N)C(=O)NC(C)C(C)N1CCOCC1.Cl. The van der Waals surface area contributed by atoms with E-state index in [2.05, 4.69) is 17.1 Å². The van der Waals surface area contributed by atoms with Crippen LogP contribution in [0.2, 0.25) is 0 Å². The Hall–Kier alpha value is -0.360. The van der Waals surface area contributed by atoms with E-state index < -0.39 is 5.54 Å². The summed E-state index contributed by atoms with van der Waals surface area (Å²) in [7, 11) is 0. The van der Waals surface area contributed by atoms with Crippen LogP contribution in [0.4, 0.5) is 0 Å². The maximum Gasteiger partial charge on any atom is 0.240 e. The molecule has 0 aromatic rings. The second-order valence-corrected chi connectivity index (χ2v) is 5.82. The van der Waals surface area contributed by atoms with Gasteiger partial charge < -0.3 is 15.8 Å². The van der Waals surface area contributed by atoms with E-state index in [1.165, 1.54) is 0 Å². The quantitative estimate of drug-likeness (QED) is 0.772. The van der Waals surface area contributed by atoms with Crippen molar-refractivity contribution in [2.75, 3.05) is 26.3 Å². The fourth-order valence-corrected chi connectivity index (χ4v) is 2.43. The molecule has 1 aliphatic rings. The third kappa shape index (κ3) is 5.56. The number of nitrogens with two attached hydrogens (primary N) is 1. The molecule has 20 heavy (non-hydrogen) atoms. The fourth-order valence-electron chi connectivity index (χ4n) is 2.43. The van der Waals surface area contributed by atoms with Crippen LogP contribution in [0.5, 0.6) is 0 Å². The molecule has 1 fully saturated rings. The monoisotopic (exact) mass is 307 g/mol. The lowest BCUT2D eigenvalue weighted by Gasteiger charge is -2.37. The van der Waals surface area contributed by atoms with Gasteiger partial charge in [-0.25, -0.2) is 0 Å². The molecule has 0 radical (unpaired) electrons. The summed E-state index contributed by atoms with van der Waals surface area (Å²) in [6, 6.07) is 0.385. The Labute approximate surface area is 129 Å². The highest BCUT2D eigenvalue weighted by atomic mass is 35.5. The van der Waals surface area contributed by atoms with Gasteiger partial charge in [0, 0.05) is 25.2 Å². The fraction of sp³-hybridized carbons (Fsp3) is 0.929. The number of carbonyl (C=O) groups excluding carboxylic acids is 1. The van der Waals surface area contributed by atoms with Gasteiger partial charge in [-0.05, 0) is 27.2 Å². The standard InChI is InChI=1S/C14H29N3O2.ClH/c1-5-6-14(4,15)13(18)16-11(2)12(3)17-7-9-19-10-8-17;/h11-12H,5-10,15H2,1-4H3,(H,16,18);1H. The zero-order valence-corrected chi connectivity index (χ0v) is 14.0. The average Bonchev–Trinajstić information content (AvgIpc) is 2.38. The number of nitrogens with zero attached hydrogens (tertiary/aromatic N) is 1. The predicted octanol–water partition coefficient (Wildman–Crippen LogP) is 1.15. The smallest absolute Gasteiger partial charge is 0.240 e. The molecule has 0 aliphatic carbocycles. The Kier molecular flexibility index (Phi) is 8.66. The number of morpholine rings is 1. The minimum Gasteiger partial charge on any atom is -0.379 e. The van der Waals surface area contributed by atoms with Gasteiger partial charge in [0.15, 0.2) is 0 Å². The minimum absolute atomic E-state index is 0. The van der Waals surface area contributed by atoms with E-state index in [9.17, 15) is 4.79 Å². The topological polar surface area (TPSA) is 67.6 Å². The van der Waals surface area contributed by atoms with Crippen LogP contribution in [0.25, 0.3) is 0 Å². The van der Waals surface area contributed by atoms with Crippen LogP contribution in [0.1, 0.15) is 40.5 Å². The number of hydrogen-bond donors (Lipinski definition) is 2. The van der Waals surface area contributed by atoms with Gasteiger partial charge in [0.1, 0.15) is 0 Å². The molecule has 6 heteroatoms. The van der Waals surface area contributed by atoms with E-state index in [-0.39, 0.29) is 24.4 Å². The van der Waals surface area contributed by atoms with Crippen LogP contribution in [-0.2, 0) is 9.53 Å². The molecule has 5 nitrogen and oxygen atoms in total. The average molecular weight is 308 g/mol.